The monoisotopic (exact) mass is 278 g/mol. The normalized spacial score (nSPS) is 36.2. The van der Waals surface area contributed by atoms with Gasteiger partial charge >= 0.3 is 5.97 Å². The van der Waals surface area contributed by atoms with E-state index < -0.39 is 5.97 Å². The van der Waals surface area contributed by atoms with Crippen molar-refractivity contribution in [3.8, 4) is 0 Å². The summed E-state index contributed by atoms with van der Waals surface area (Å²) < 4.78 is 0. The van der Waals surface area contributed by atoms with Crippen LogP contribution in [-0.2, 0) is 4.79 Å². The number of hydrogen-bond donors (Lipinski definition) is 1. The fraction of sp³-hybridized carbons (Fsp3) is 0.833. The highest BCUT2D eigenvalue weighted by molar-refractivity contribution is 5.70. The van der Waals surface area contributed by atoms with Crippen molar-refractivity contribution in [2.75, 3.05) is 0 Å². The van der Waals surface area contributed by atoms with Gasteiger partial charge in [0.05, 0.1) is 5.92 Å². The molecule has 0 aromatic rings. The summed E-state index contributed by atoms with van der Waals surface area (Å²) in [5.74, 6) is 2.28. The van der Waals surface area contributed by atoms with Crippen LogP contribution < -0.4 is 0 Å². The molecule has 0 radical (unpaired) electrons. The van der Waals surface area contributed by atoms with E-state index in [-0.39, 0.29) is 5.92 Å². The average Bonchev–Trinajstić information content (AvgIpc) is 2.45. The maximum atomic E-state index is 11.4. The minimum absolute atomic E-state index is 0.195. The Balaban J connectivity index is 1.82. The molecule has 2 aliphatic rings. The van der Waals surface area contributed by atoms with Crippen LogP contribution >= 0.6 is 0 Å². The topological polar surface area (TPSA) is 37.3 Å². The Bertz CT molecular complexity index is 320. The Morgan fingerprint density at radius 1 is 1.10 bits per heavy atom. The van der Waals surface area contributed by atoms with Gasteiger partial charge in [0.15, 0.2) is 0 Å². The molecular formula is C18H30O2. The molecule has 0 heterocycles. The molecule has 0 spiro atoms. The Morgan fingerprint density at radius 3 is 2.05 bits per heavy atom. The number of hydrogen-bond acceptors (Lipinski definition) is 1. The largest absolute Gasteiger partial charge is 0.481 e. The average molecular weight is 278 g/mol. The summed E-state index contributed by atoms with van der Waals surface area (Å²) in [6.45, 7) is 6.08. The van der Waals surface area contributed by atoms with Gasteiger partial charge in [-0.1, -0.05) is 25.8 Å². The van der Waals surface area contributed by atoms with Crippen molar-refractivity contribution in [2.24, 2.45) is 29.6 Å². The number of aliphatic carboxylic acids is 1. The summed E-state index contributed by atoms with van der Waals surface area (Å²) >= 11 is 0. The van der Waals surface area contributed by atoms with Crippen LogP contribution in [0.25, 0.3) is 0 Å². The summed E-state index contributed by atoms with van der Waals surface area (Å²) in [6.07, 6.45) is 12.8. The van der Waals surface area contributed by atoms with Crippen LogP contribution in [0.4, 0.5) is 0 Å². The van der Waals surface area contributed by atoms with E-state index in [0.29, 0.717) is 12.3 Å². The SMILES string of the molecule is C=CCC(C(=O)O)C1CCC([C@H]2CC[C@H](C)CC2)CC1. The van der Waals surface area contributed by atoms with E-state index >= 15 is 0 Å². The predicted octanol–water partition coefficient (Wildman–Crippen LogP) is 4.90. The highest BCUT2D eigenvalue weighted by Gasteiger charge is 2.34. The molecule has 20 heavy (non-hydrogen) atoms. The molecule has 0 amide bonds. The first-order valence-corrected chi connectivity index (χ1v) is 8.45. The molecule has 1 N–H and O–H groups in total. The van der Waals surface area contributed by atoms with Gasteiger partial charge < -0.3 is 5.11 Å². The fourth-order valence-corrected chi connectivity index (χ4v) is 4.45. The van der Waals surface area contributed by atoms with E-state index in [9.17, 15) is 9.90 Å². The first-order chi connectivity index (χ1) is 9.61. The molecule has 0 aromatic carbocycles. The number of carboxylic acid groups (broad SMARTS) is 1. The van der Waals surface area contributed by atoms with Crippen molar-refractivity contribution in [3.05, 3.63) is 12.7 Å². The van der Waals surface area contributed by atoms with Crippen LogP contribution in [0.1, 0.15) is 64.7 Å². The lowest BCUT2D eigenvalue weighted by Crippen LogP contribution is -2.30. The number of carbonyl (C=O) groups is 1. The number of rotatable bonds is 5. The maximum absolute atomic E-state index is 11.4. The quantitative estimate of drug-likeness (QED) is 0.726. The zero-order chi connectivity index (χ0) is 14.5. The first kappa shape index (κ1) is 15.6. The van der Waals surface area contributed by atoms with E-state index in [4.69, 9.17) is 0 Å². The smallest absolute Gasteiger partial charge is 0.307 e. The van der Waals surface area contributed by atoms with E-state index in [1.54, 1.807) is 6.08 Å². The summed E-state index contributed by atoms with van der Waals surface area (Å²) in [5.41, 5.74) is 0. The second-order valence-corrected chi connectivity index (χ2v) is 7.16. The lowest BCUT2D eigenvalue weighted by molar-refractivity contribution is -0.144. The molecule has 0 aromatic heterocycles. The van der Waals surface area contributed by atoms with Gasteiger partial charge in [0.1, 0.15) is 0 Å². The van der Waals surface area contributed by atoms with Crippen molar-refractivity contribution in [1.29, 1.82) is 0 Å². The van der Waals surface area contributed by atoms with E-state index in [1.807, 2.05) is 0 Å². The number of allylic oxidation sites excluding steroid dienone is 1. The van der Waals surface area contributed by atoms with Crippen molar-refractivity contribution in [1.82, 2.24) is 0 Å². The van der Waals surface area contributed by atoms with Crippen LogP contribution in [0.3, 0.4) is 0 Å². The molecule has 1 unspecified atom stereocenters. The number of carboxylic acids is 1. The molecule has 0 bridgehead atoms. The van der Waals surface area contributed by atoms with Crippen LogP contribution in [0.2, 0.25) is 0 Å². The second kappa shape index (κ2) is 7.28. The third kappa shape index (κ3) is 3.86. The molecular weight excluding hydrogens is 248 g/mol. The summed E-state index contributed by atoms with van der Waals surface area (Å²) in [4.78, 5) is 11.4. The van der Waals surface area contributed by atoms with Gasteiger partial charge in [-0.3, -0.25) is 4.79 Å². The molecule has 2 fully saturated rings. The van der Waals surface area contributed by atoms with E-state index in [0.717, 1.165) is 30.6 Å². The van der Waals surface area contributed by atoms with E-state index in [2.05, 4.69) is 13.5 Å². The van der Waals surface area contributed by atoms with Crippen LogP contribution in [-0.4, -0.2) is 11.1 Å². The summed E-state index contributed by atoms with van der Waals surface area (Å²) in [6, 6.07) is 0. The highest BCUT2D eigenvalue weighted by Crippen LogP contribution is 2.43. The molecule has 1 atom stereocenters. The van der Waals surface area contributed by atoms with Crippen molar-refractivity contribution in [3.63, 3.8) is 0 Å². The van der Waals surface area contributed by atoms with Gasteiger partial charge in [0.25, 0.3) is 0 Å². The zero-order valence-electron chi connectivity index (χ0n) is 12.9. The second-order valence-electron chi connectivity index (χ2n) is 7.16. The van der Waals surface area contributed by atoms with Crippen molar-refractivity contribution in [2.45, 2.75) is 64.7 Å². The fourth-order valence-electron chi connectivity index (χ4n) is 4.45. The Labute approximate surface area is 123 Å². The Kier molecular flexibility index (Phi) is 5.68. The van der Waals surface area contributed by atoms with Crippen molar-refractivity contribution < 1.29 is 9.90 Å². The zero-order valence-corrected chi connectivity index (χ0v) is 12.9. The Hall–Kier alpha value is -0.790. The van der Waals surface area contributed by atoms with E-state index in [1.165, 1.54) is 38.5 Å². The Morgan fingerprint density at radius 2 is 1.60 bits per heavy atom. The predicted molar refractivity (Wildman–Crippen MR) is 82.5 cm³/mol. The minimum atomic E-state index is -0.625. The van der Waals surface area contributed by atoms with Gasteiger partial charge in [-0.25, -0.2) is 0 Å². The van der Waals surface area contributed by atoms with Gasteiger partial charge in [-0.2, -0.15) is 0 Å². The third-order valence-corrected chi connectivity index (χ3v) is 5.85. The first-order valence-electron chi connectivity index (χ1n) is 8.45. The molecule has 2 saturated carbocycles. The minimum Gasteiger partial charge on any atom is -0.481 e. The molecule has 2 rings (SSSR count). The molecule has 114 valence electrons. The molecule has 2 nitrogen and oxygen atoms in total. The van der Waals surface area contributed by atoms with Gasteiger partial charge in [0, 0.05) is 0 Å². The van der Waals surface area contributed by atoms with Crippen LogP contribution in [0, 0.1) is 29.6 Å². The summed E-state index contributed by atoms with van der Waals surface area (Å²) in [7, 11) is 0. The maximum Gasteiger partial charge on any atom is 0.307 e. The van der Waals surface area contributed by atoms with Crippen LogP contribution in [0.5, 0.6) is 0 Å². The summed E-state index contributed by atoms with van der Waals surface area (Å²) in [5, 5.41) is 9.35. The van der Waals surface area contributed by atoms with Crippen molar-refractivity contribution >= 4 is 5.97 Å². The lowest BCUT2D eigenvalue weighted by atomic mass is 9.67. The molecule has 2 aliphatic carbocycles. The highest BCUT2D eigenvalue weighted by atomic mass is 16.4. The standard InChI is InChI=1S/C18H30O2/c1-3-4-17(18(19)20)16-11-9-15(10-12-16)14-7-5-13(2)6-8-14/h3,13-17H,1,4-12H2,2H3,(H,19,20)/t13-,14-,15?,16?,17?. The van der Waals surface area contributed by atoms with Crippen LogP contribution in [0.15, 0.2) is 12.7 Å². The lowest BCUT2D eigenvalue weighted by Gasteiger charge is -2.38. The molecule has 2 heteroatoms. The van der Waals surface area contributed by atoms with Gasteiger partial charge in [-0.15, -0.1) is 6.58 Å². The third-order valence-electron chi connectivity index (χ3n) is 5.85. The molecule has 0 aliphatic heterocycles. The van der Waals surface area contributed by atoms with Gasteiger partial charge in [-0.05, 0) is 68.6 Å². The van der Waals surface area contributed by atoms with Gasteiger partial charge in [0.2, 0.25) is 0 Å². The molecule has 0 saturated heterocycles.